The van der Waals surface area contributed by atoms with Crippen LogP contribution in [0, 0.1) is 5.92 Å². The molecule has 0 spiro atoms. The van der Waals surface area contributed by atoms with Gasteiger partial charge in [0.15, 0.2) is 0 Å². The fourth-order valence-electron chi connectivity index (χ4n) is 2.80. The van der Waals surface area contributed by atoms with Crippen molar-refractivity contribution in [3.63, 3.8) is 0 Å². The van der Waals surface area contributed by atoms with Crippen LogP contribution in [0.2, 0.25) is 0 Å². The maximum Gasteiger partial charge on any atom is 0.0593 e. The molecule has 1 atom stereocenters. The number of rotatable bonds is 10. The Morgan fingerprint density at radius 3 is 2.30 bits per heavy atom. The molecule has 4 heteroatoms. The van der Waals surface area contributed by atoms with Gasteiger partial charge in [-0.15, -0.1) is 0 Å². The van der Waals surface area contributed by atoms with Crippen molar-refractivity contribution < 1.29 is 4.74 Å². The van der Waals surface area contributed by atoms with Crippen molar-refractivity contribution in [1.29, 1.82) is 0 Å². The molecule has 1 unspecified atom stereocenters. The van der Waals surface area contributed by atoms with Gasteiger partial charge in [-0.1, -0.05) is 20.8 Å². The zero-order chi connectivity index (χ0) is 14.8. The van der Waals surface area contributed by atoms with Gasteiger partial charge in [0.1, 0.15) is 0 Å². The van der Waals surface area contributed by atoms with E-state index in [0.29, 0.717) is 6.04 Å². The topological polar surface area (TPSA) is 41.7 Å². The highest BCUT2D eigenvalue weighted by atomic mass is 16.5. The first-order chi connectivity index (χ1) is 9.67. The van der Waals surface area contributed by atoms with E-state index in [9.17, 15) is 0 Å². The molecule has 1 rings (SSSR count). The second-order valence-electron chi connectivity index (χ2n) is 6.31. The Bertz CT molecular complexity index is 228. The second-order valence-corrected chi connectivity index (χ2v) is 6.31. The first-order valence-corrected chi connectivity index (χ1v) is 8.41. The highest BCUT2D eigenvalue weighted by Gasteiger charge is 2.21. The summed E-state index contributed by atoms with van der Waals surface area (Å²) in [6.07, 6.45) is 3.52. The summed E-state index contributed by atoms with van der Waals surface area (Å²) in [5.41, 5.74) is 5.70. The number of hydrogen-bond acceptors (Lipinski definition) is 4. The lowest BCUT2D eigenvalue weighted by atomic mass is 10.1. The molecule has 1 heterocycles. The van der Waals surface area contributed by atoms with Crippen LogP contribution >= 0.6 is 0 Å². The molecule has 1 aliphatic rings. The van der Waals surface area contributed by atoms with Gasteiger partial charge in [0.25, 0.3) is 0 Å². The summed E-state index contributed by atoms with van der Waals surface area (Å²) < 4.78 is 5.71. The summed E-state index contributed by atoms with van der Waals surface area (Å²) in [4.78, 5) is 5.14. The van der Waals surface area contributed by atoms with E-state index in [1.54, 1.807) is 0 Å². The lowest BCUT2D eigenvalue weighted by Gasteiger charge is -2.39. The van der Waals surface area contributed by atoms with Crippen molar-refractivity contribution in [2.24, 2.45) is 11.7 Å². The van der Waals surface area contributed by atoms with Crippen LogP contribution in [0.1, 0.15) is 40.0 Å². The molecule has 0 aromatic heterocycles. The Morgan fingerprint density at radius 1 is 1.05 bits per heavy atom. The lowest BCUT2D eigenvalue weighted by molar-refractivity contribution is 0.0561. The van der Waals surface area contributed by atoms with Crippen molar-refractivity contribution >= 4 is 0 Å². The van der Waals surface area contributed by atoms with Gasteiger partial charge in [-0.05, 0) is 31.7 Å². The molecule has 0 aromatic carbocycles. The summed E-state index contributed by atoms with van der Waals surface area (Å²) in [5, 5.41) is 0. The van der Waals surface area contributed by atoms with Crippen LogP contribution in [-0.2, 0) is 4.74 Å². The zero-order valence-electron chi connectivity index (χ0n) is 13.8. The Morgan fingerprint density at radius 2 is 1.75 bits per heavy atom. The monoisotopic (exact) mass is 285 g/mol. The van der Waals surface area contributed by atoms with Crippen LogP contribution < -0.4 is 5.73 Å². The maximum absolute atomic E-state index is 5.71. The predicted octanol–water partition coefficient (Wildman–Crippen LogP) is 1.79. The molecular weight excluding hydrogens is 250 g/mol. The van der Waals surface area contributed by atoms with E-state index >= 15 is 0 Å². The molecule has 2 N–H and O–H groups in total. The Balaban J connectivity index is 2.09. The molecule has 1 saturated heterocycles. The van der Waals surface area contributed by atoms with Crippen LogP contribution in [0.4, 0.5) is 0 Å². The SMILES string of the molecule is CCC(CCN)N1CCN(CCOCCC(C)C)CC1. The molecule has 0 aliphatic carbocycles. The quantitative estimate of drug-likeness (QED) is 0.622. The molecule has 0 radical (unpaired) electrons. The molecule has 0 aromatic rings. The molecule has 0 bridgehead atoms. The van der Waals surface area contributed by atoms with Gasteiger partial charge in [0, 0.05) is 45.4 Å². The summed E-state index contributed by atoms with van der Waals surface area (Å²) in [6.45, 7) is 15.2. The standard InChI is InChI=1S/C16H35N3O/c1-4-16(5-7-17)19-10-8-18(9-11-19)12-14-20-13-6-15(2)3/h15-16H,4-14,17H2,1-3H3. The minimum absolute atomic E-state index is 0.685. The molecule has 1 aliphatic heterocycles. The van der Waals surface area contributed by atoms with Crippen LogP contribution in [0.25, 0.3) is 0 Å². The van der Waals surface area contributed by atoms with Crippen LogP contribution in [-0.4, -0.2) is 68.3 Å². The van der Waals surface area contributed by atoms with E-state index in [0.717, 1.165) is 38.6 Å². The third-order valence-electron chi connectivity index (χ3n) is 4.29. The second kappa shape index (κ2) is 10.6. The van der Waals surface area contributed by atoms with Crippen molar-refractivity contribution in [3.8, 4) is 0 Å². The number of piperazine rings is 1. The lowest BCUT2D eigenvalue weighted by Crippen LogP contribution is -2.51. The molecule has 20 heavy (non-hydrogen) atoms. The largest absolute Gasteiger partial charge is 0.380 e. The van der Waals surface area contributed by atoms with Gasteiger partial charge in [-0.25, -0.2) is 0 Å². The van der Waals surface area contributed by atoms with Crippen molar-refractivity contribution in [1.82, 2.24) is 9.80 Å². The van der Waals surface area contributed by atoms with Crippen LogP contribution in [0.3, 0.4) is 0 Å². The van der Waals surface area contributed by atoms with Crippen molar-refractivity contribution in [3.05, 3.63) is 0 Å². The van der Waals surface area contributed by atoms with Gasteiger partial charge >= 0.3 is 0 Å². The number of nitrogens with zero attached hydrogens (tertiary/aromatic N) is 2. The molecule has 4 nitrogen and oxygen atoms in total. The van der Waals surface area contributed by atoms with Gasteiger partial charge in [-0.2, -0.15) is 0 Å². The molecule has 120 valence electrons. The highest BCUT2D eigenvalue weighted by molar-refractivity contribution is 4.78. The van der Waals surface area contributed by atoms with Gasteiger partial charge in [0.2, 0.25) is 0 Å². The number of hydrogen-bond donors (Lipinski definition) is 1. The fourth-order valence-corrected chi connectivity index (χ4v) is 2.80. The molecule has 0 amide bonds. The van der Waals surface area contributed by atoms with E-state index in [1.165, 1.54) is 39.0 Å². The predicted molar refractivity (Wildman–Crippen MR) is 86.0 cm³/mol. The fraction of sp³-hybridized carbons (Fsp3) is 1.00. The highest BCUT2D eigenvalue weighted by Crippen LogP contribution is 2.11. The first-order valence-electron chi connectivity index (χ1n) is 8.41. The van der Waals surface area contributed by atoms with Gasteiger partial charge < -0.3 is 10.5 Å². The van der Waals surface area contributed by atoms with Crippen LogP contribution in [0.5, 0.6) is 0 Å². The van der Waals surface area contributed by atoms with E-state index in [4.69, 9.17) is 10.5 Å². The van der Waals surface area contributed by atoms with E-state index in [2.05, 4.69) is 30.6 Å². The van der Waals surface area contributed by atoms with E-state index < -0.39 is 0 Å². The zero-order valence-corrected chi connectivity index (χ0v) is 13.8. The molecule has 1 fully saturated rings. The minimum atomic E-state index is 0.685. The smallest absolute Gasteiger partial charge is 0.0593 e. The Labute approximate surface area is 125 Å². The summed E-state index contributed by atoms with van der Waals surface area (Å²) >= 11 is 0. The summed E-state index contributed by atoms with van der Waals surface area (Å²) in [6, 6.07) is 0.685. The van der Waals surface area contributed by atoms with Gasteiger partial charge in [0.05, 0.1) is 6.61 Å². The average Bonchev–Trinajstić information content (AvgIpc) is 2.45. The summed E-state index contributed by atoms with van der Waals surface area (Å²) in [7, 11) is 0. The summed E-state index contributed by atoms with van der Waals surface area (Å²) in [5.74, 6) is 0.743. The van der Waals surface area contributed by atoms with Crippen molar-refractivity contribution in [2.75, 3.05) is 52.5 Å². The molecular formula is C16H35N3O. The third kappa shape index (κ3) is 7.02. The first kappa shape index (κ1) is 17.9. The normalized spacial score (nSPS) is 19.6. The Hall–Kier alpha value is -0.160. The van der Waals surface area contributed by atoms with E-state index in [1.807, 2.05) is 0 Å². The number of nitrogens with two attached hydrogens (primary N) is 1. The van der Waals surface area contributed by atoms with E-state index in [-0.39, 0.29) is 0 Å². The number of ether oxygens (including phenoxy) is 1. The third-order valence-corrected chi connectivity index (χ3v) is 4.29. The minimum Gasteiger partial charge on any atom is -0.380 e. The average molecular weight is 285 g/mol. The molecule has 0 saturated carbocycles. The van der Waals surface area contributed by atoms with Crippen molar-refractivity contribution in [2.45, 2.75) is 46.1 Å². The van der Waals surface area contributed by atoms with Gasteiger partial charge in [-0.3, -0.25) is 9.80 Å². The Kier molecular flexibility index (Phi) is 9.44. The van der Waals surface area contributed by atoms with Crippen LogP contribution in [0.15, 0.2) is 0 Å². The maximum atomic E-state index is 5.71.